The number of benzene rings is 1. The lowest BCUT2D eigenvalue weighted by Crippen LogP contribution is -2.26. The molecule has 0 saturated heterocycles. The first kappa shape index (κ1) is 14.8. The summed E-state index contributed by atoms with van der Waals surface area (Å²) in [6.07, 6.45) is 3.58. The zero-order valence-electron chi connectivity index (χ0n) is 12.9. The van der Waals surface area contributed by atoms with Gasteiger partial charge in [-0.15, -0.1) is 11.3 Å². The van der Waals surface area contributed by atoms with Gasteiger partial charge in [0.05, 0.1) is 21.5 Å². The van der Waals surface area contributed by atoms with Crippen molar-refractivity contribution in [1.29, 1.82) is 0 Å². The van der Waals surface area contributed by atoms with Gasteiger partial charge in [-0.3, -0.25) is 4.79 Å². The third-order valence-corrected chi connectivity index (χ3v) is 5.30. The Morgan fingerprint density at radius 1 is 1.21 bits per heavy atom. The average molecular weight is 336 g/mol. The molecule has 1 amide bonds. The number of hydrogen-bond donors (Lipinski definition) is 2. The fourth-order valence-corrected chi connectivity index (χ4v) is 3.92. The molecule has 120 valence electrons. The number of anilines is 1. The van der Waals surface area contributed by atoms with Crippen LogP contribution in [-0.4, -0.2) is 15.9 Å². The summed E-state index contributed by atoms with van der Waals surface area (Å²) >= 11 is 1.41. The second-order valence-electron chi connectivity index (χ2n) is 5.73. The van der Waals surface area contributed by atoms with E-state index in [1.54, 1.807) is 12.3 Å². The number of hydrogen-bond acceptors (Lipinski definition) is 5. The molecule has 0 aliphatic heterocycles. The summed E-state index contributed by atoms with van der Waals surface area (Å²) in [4.78, 5) is 22.2. The second-order valence-corrected chi connectivity index (χ2v) is 6.81. The van der Waals surface area contributed by atoms with Gasteiger partial charge in [-0.25, -0.2) is 9.97 Å². The lowest BCUT2D eigenvalue weighted by Gasteiger charge is -2.13. The van der Waals surface area contributed by atoms with E-state index in [4.69, 9.17) is 5.73 Å². The molecule has 0 radical (unpaired) electrons. The number of carbonyl (C=O) groups excluding carboxylic acids is 1. The van der Waals surface area contributed by atoms with E-state index < -0.39 is 0 Å². The molecular formula is C18H16N4OS. The summed E-state index contributed by atoms with van der Waals surface area (Å²) in [5.41, 5.74) is 8.91. The fourth-order valence-electron chi connectivity index (χ4n) is 3.05. The fraction of sp³-hybridized carbons (Fsp3) is 0.167. The summed E-state index contributed by atoms with van der Waals surface area (Å²) in [5, 5.41) is 3.14. The number of fused-ring (bicyclic) bond motifs is 1. The van der Waals surface area contributed by atoms with Crippen LogP contribution in [0.4, 0.5) is 5.95 Å². The van der Waals surface area contributed by atoms with E-state index in [1.165, 1.54) is 22.5 Å². The Balaban J connectivity index is 1.52. The molecule has 4 rings (SSSR count). The van der Waals surface area contributed by atoms with E-state index in [0.717, 1.165) is 23.4 Å². The molecule has 2 heterocycles. The van der Waals surface area contributed by atoms with Gasteiger partial charge in [0.25, 0.3) is 5.91 Å². The smallest absolute Gasteiger partial charge is 0.261 e. The van der Waals surface area contributed by atoms with Gasteiger partial charge in [-0.1, -0.05) is 24.3 Å². The Bertz CT molecular complexity index is 905. The quantitative estimate of drug-likeness (QED) is 0.769. The van der Waals surface area contributed by atoms with E-state index in [-0.39, 0.29) is 17.9 Å². The first-order valence-corrected chi connectivity index (χ1v) is 8.60. The zero-order valence-corrected chi connectivity index (χ0v) is 13.7. The first-order valence-electron chi connectivity index (χ1n) is 7.78. The predicted octanol–water partition coefficient (Wildman–Crippen LogP) is 3.20. The standard InChI is InChI=1S/C18H16N4OS/c19-18-20-10-9-14(22-18)15-7-8-16(24-15)17(23)21-13-6-5-11-3-1-2-4-12(11)13/h1-4,7-10,13H,5-6H2,(H,21,23)(H2,19,20,22). The van der Waals surface area contributed by atoms with Crippen LogP contribution in [0.5, 0.6) is 0 Å². The number of nitrogens with zero attached hydrogens (tertiary/aromatic N) is 2. The highest BCUT2D eigenvalue weighted by atomic mass is 32.1. The van der Waals surface area contributed by atoms with Crippen LogP contribution in [0.1, 0.15) is 33.3 Å². The van der Waals surface area contributed by atoms with Crippen molar-refractivity contribution >= 4 is 23.2 Å². The number of amides is 1. The minimum atomic E-state index is -0.0463. The molecular weight excluding hydrogens is 320 g/mol. The number of nitrogens with one attached hydrogen (secondary N) is 1. The van der Waals surface area contributed by atoms with Crippen LogP contribution >= 0.6 is 11.3 Å². The topological polar surface area (TPSA) is 80.9 Å². The number of aryl methyl sites for hydroxylation is 1. The van der Waals surface area contributed by atoms with Crippen LogP contribution in [0, 0.1) is 0 Å². The van der Waals surface area contributed by atoms with Gasteiger partial charge in [-0.2, -0.15) is 0 Å². The SMILES string of the molecule is Nc1nccc(-c2ccc(C(=O)NC3CCc4ccccc43)s2)n1. The molecule has 1 aromatic carbocycles. The van der Waals surface area contributed by atoms with Crippen LogP contribution < -0.4 is 11.1 Å². The zero-order chi connectivity index (χ0) is 16.5. The molecule has 2 aromatic heterocycles. The van der Waals surface area contributed by atoms with E-state index in [1.807, 2.05) is 24.3 Å². The van der Waals surface area contributed by atoms with Crippen LogP contribution in [-0.2, 0) is 6.42 Å². The Labute approximate surface area is 143 Å². The normalized spacial score (nSPS) is 15.9. The lowest BCUT2D eigenvalue weighted by molar-refractivity contribution is 0.0941. The highest BCUT2D eigenvalue weighted by Crippen LogP contribution is 2.32. The van der Waals surface area contributed by atoms with Crippen LogP contribution in [0.2, 0.25) is 0 Å². The second kappa shape index (κ2) is 6.05. The number of rotatable bonds is 3. The number of nitrogens with two attached hydrogens (primary N) is 1. The number of thiophene rings is 1. The van der Waals surface area contributed by atoms with Gasteiger partial charge in [0.2, 0.25) is 5.95 Å². The van der Waals surface area contributed by atoms with Crippen molar-refractivity contribution in [2.45, 2.75) is 18.9 Å². The van der Waals surface area contributed by atoms with Gasteiger partial charge >= 0.3 is 0 Å². The molecule has 0 saturated carbocycles. The molecule has 1 unspecified atom stereocenters. The highest BCUT2D eigenvalue weighted by Gasteiger charge is 2.24. The third-order valence-electron chi connectivity index (χ3n) is 4.19. The van der Waals surface area contributed by atoms with Crippen molar-refractivity contribution in [2.75, 3.05) is 5.73 Å². The van der Waals surface area contributed by atoms with Crippen molar-refractivity contribution in [3.63, 3.8) is 0 Å². The Morgan fingerprint density at radius 2 is 2.08 bits per heavy atom. The highest BCUT2D eigenvalue weighted by molar-refractivity contribution is 7.17. The largest absolute Gasteiger partial charge is 0.368 e. The molecule has 1 aliphatic carbocycles. The monoisotopic (exact) mass is 336 g/mol. The van der Waals surface area contributed by atoms with Gasteiger partial charge in [0.1, 0.15) is 0 Å². The molecule has 3 N–H and O–H groups in total. The Morgan fingerprint density at radius 3 is 2.96 bits per heavy atom. The predicted molar refractivity (Wildman–Crippen MR) is 94.7 cm³/mol. The maximum atomic E-state index is 12.6. The summed E-state index contributed by atoms with van der Waals surface area (Å²) < 4.78 is 0. The molecule has 5 nitrogen and oxygen atoms in total. The molecule has 0 spiro atoms. The summed E-state index contributed by atoms with van der Waals surface area (Å²) in [7, 11) is 0. The Kier molecular flexibility index (Phi) is 3.74. The third kappa shape index (κ3) is 2.76. The summed E-state index contributed by atoms with van der Waals surface area (Å²) in [5.74, 6) is 0.185. The molecule has 1 atom stereocenters. The van der Waals surface area contributed by atoms with Gasteiger partial charge < -0.3 is 11.1 Å². The van der Waals surface area contributed by atoms with Crippen molar-refractivity contribution in [1.82, 2.24) is 15.3 Å². The van der Waals surface area contributed by atoms with Gasteiger partial charge in [0.15, 0.2) is 0 Å². The van der Waals surface area contributed by atoms with E-state index in [2.05, 4.69) is 27.4 Å². The van der Waals surface area contributed by atoms with Crippen molar-refractivity contribution in [3.8, 4) is 10.6 Å². The minimum Gasteiger partial charge on any atom is -0.368 e. The number of nitrogen functional groups attached to an aromatic ring is 1. The van der Waals surface area contributed by atoms with E-state index in [9.17, 15) is 4.79 Å². The molecule has 0 bridgehead atoms. The van der Waals surface area contributed by atoms with Gasteiger partial charge in [0, 0.05) is 6.20 Å². The summed E-state index contributed by atoms with van der Waals surface area (Å²) in [6, 6.07) is 13.9. The average Bonchev–Trinajstić information content (AvgIpc) is 3.23. The molecule has 6 heteroatoms. The molecule has 3 aromatic rings. The number of aromatic nitrogens is 2. The van der Waals surface area contributed by atoms with E-state index >= 15 is 0 Å². The maximum Gasteiger partial charge on any atom is 0.261 e. The van der Waals surface area contributed by atoms with Crippen molar-refractivity contribution < 1.29 is 4.79 Å². The van der Waals surface area contributed by atoms with Crippen LogP contribution in [0.15, 0.2) is 48.7 Å². The van der Waals surface area contributed by atoms with Gasteiger partial charge in [-0.05, 0) is 42.2 Å². The number of carbonyl (C=O) groups is 1. The van der Waals surface area contributed by atoms with Crippen molar-refractivity contribution in [2.24, 2.45) is 0 Å². The van der Waals surface area contributed by atoms with Crippen LogP contribution in [0.25, 0.3) is 10.6 Å². The molecule has 24 heavy (non-hydrogen) atoms. The molecule has 1 aliphatic rings. The lowest BCUT2D eigenvalue weighted by atomic mass is 10.1. The first-order chi connectivity index (χ1) is 11.7. The minimum absolute atomic E-state index is 0.0463. The maximum absolute atomic E-state index is 12.6. The van der Waals surface area contributed by atoms with Crippen molar-refractivity contribution in [3.05, 3.63) is 64.7 Å². The van der Waals surface area contributed by atoms with E-state index in [0.29, 0.717) is 4.88 Å². The summed E-state index contributed by atoms with van der Waals surface area (Å²) in [6.45, 7) is 0. The Hall–Kier alpha value is -2.73. The van der Waals surface area contributed by atoms with Crippen LogP contribution in [0.3, 0.4) is 0 Å². The molecule has 0 fully saturated rings.